The molecule has 0 bridgehead atoms. The van der Waals surface area contributed by atoms with Gasteiger partial charge in [0.2, 0.25) is 10.0 Å². The lowest BCUT2D eigenvalue weighted by Crippen LogP contribution is -2.31. The molecule has 1 fully saturated rings. The van der Waals surface area contributed by atoms with Gasteiger partial charge in [-0.15, -0.1) is 0 Å². The van der Waals surface area contributed by atoms with Gasteiger partial charge >= 0.3 is 0 Å². The molecule has 6 nitrogen and oxygen atoms in total. The molecule has 1 N–H and O–H groups in total. The largest absolute Gasteiger partial charge is 0.345 e. The molecule has 1 aliphatic rings. The molecule has 1 aromatic heterocycles. The lowest BCUT2D eigenvalue weighted by molar-refractivity contribution is 0.101. The van der Waals surface area contributed by atoms with E-state index in [1.165, 1.54) is 17.8 Å². The van der Waals surface area contributed by atoms with Crippen molar-refractivity contribution in [3.63, 3.8) is 0 Å². The highest BCUT2D eigenvalue weighted by molar-refractivity contribution is 7.89. The highest BCUT2D eigenvalue weighted by Crippen LogP contribution is 2.22. The molecule has 2 aromatic rings. The molecule has 0 spiro atoms. The monoisotopic (exact) mass is 389 g/mol. The SMILES string of the molecule is CCc1ccc(NC(=O)c2cc(S(=O)(=O)N3CCCCCC3)cn2C)cc1. The van der Waals surface area contributed by atoms with Gasteiger partial charge in [-0.25, -0.2) is 8.42 Å². The van der Waals surface area contributed by atoms with Crippen LogP contribution < -0.4 is 5.32 Å². The number of carbonyl (C=O) groups excluding carboxylic acids is 1. The van der Waals surface area contributed by atoms with Crippen molar-refractivity contribution >= 4 is 21.6 Å². The molecule has 1 amide bonds. The Hall–Kier alpha value is -2.12. The molecule has 1 aliphatic heterocycles. The van der Waals surface area contributed by atoms with Crippen LogP contribution in [-0.2, 0) is 23.5 Å². The van der Waals surface area contributed by atoms with Gasteiger partial charge in [-0.2, -0.15) is 4.31 Å². The summed E-state index contributed by atoms with van der Waals surface area (Å²) < 4.78 is 29.0. The van der Waals surface area contributed by atoms with Crippen molar-refractivity contribution in [1.82, 2.24) is 8.87 Å². The summed E-state index contributed by atoms with van der Waals surface area (Å²) in [5.41, 5.74) is 2.20. The molecule has 1 aromatic carbocycles. The maximum absolute atomic E-state index is 12.9. The van der Waals surface area contributed by atoms with E-state index in [4.69, 9.17) is 0 Å². The highest BCUT2D eigenvalue weighted by atomic mass is 32.2. The number of nitrogens with one attached hydrogen (secondary N) is 1. The first-order valence-electron chi connectivity index (χ1n) is 9.48. The Kier molecular flexibility index (Phi) is 6.01. The number of hydrogen-bond acceptors (Lipinski definition) is 3. The van der Waals surface area contributed by atoms with E-state index < -0.39 is 10.0 Å². The zero-order valence-electron chi connectivity index (χ0n) is 15.9. The fourth-order valence-corrected chi connectivity index (χ4v) is 4.94. The molecule has 27 heavy (non-hydrogen) atoms. The van der Waals surface area contributed by atoms with Crippen LogP contribution in [0.4, 0.5) is 5.69 Å². The second-order valence-corrected chi connectivity index (χ2v) is 8.93. The molecule has 0 atom stereocenters. The van der Waals surface area contributed by atoms with Crippen LogP contribution in [0.3, 0.4) is 0 Å². The van der Waals surface area contributed by atoms with Gasteiger partial charge in [0, 0.05) is 32.0 Å². The topological polar surface area (TPSA) is 71.4 Å². The first-order valence-corrected chi connectivity index (χ1v) is 10.9. The van der Waals surface area contributed by atoms with Crippen LogP contribution in [0.2, 0.25) is 0 Å². The van der Waals surface area contributed by atoms with E-state index in [0.29, 0.717) is 24.5 Å². The Morgan fingerprint density at radius 2 is 1.70 bits per heavy atom. The Bertz CT molecular complexity index is 893. The van der Waals surface area contributed by atoms with E-state index in [0.717, 1.165) is 32.1 Å². The zero-order valence-corrected chi connectivity index (χ0v) is 16.8. The van der Waals surface area contributed by atoms with Crippen LogP contribution in [0.25, 0.3) is 0 Å². The number of hydrogen-bond donors (Lipinski definition) is 1. The summed E-state index contributed by atoms with van der Waals surface area (Å²) in [5, 5.41) is 2.84. The third-order valence-electron chi connectivity index (χ3n) is 5.04. The van der Waals surface area contributed by atoms with E-state index in [9.17, 15) is 13.2 Å². The third kappa shape index (κ3) is 4.42. The van der Waals surface area contributed by atoms with Crippen molar-refractivity contribution < 1.29 is 13.2 Å². The van der Waals surface area contributed by atoms with E-state index in [2.05, 4.69) is 12.2 Å². The third-order valence-corrected chi connectivity index (χ3v) is 6.90. The number of anilines is 1. The lowest BCUT2D eigenvalue weighted by atomic mass is 10.1. The molecule has 3 rings (SSSR count). The Morgan fingerprint density at radius 1 is 1.07 bits per heavy atom. The van der Waals surface area contributed by atoms with Crippen molar-refractivity contribution in [2.45, 2.75) is 43.9 Å². The average molecular weight is 390 g/mol. The Morgan fingerprint density at radius 3 is 2.30 bits per heavy atom. The molecular weight excluding hydrogens is 362 g/mol. The van der Waals surface area contributed by atoms with E-state index >= 15 is 0 Å². The van der Waals surface area contributed by atoms with Crippen molar-refractivity contribution in [1.29, 1.82) is 0 Å². The maximum atomic E-state index is 12.9. The predicted molar refractivity (Wildman–Crippen MR) is 106 cm³/mol. The quantitative estimate of drug-likeness (QED) is 0.852. The molecule has 0 radical (unpaired) electrons. The molecule has 0 saturated carbocycles. The smallest absolute Gasteiger partial charge is 0.272 e. The molecule has 0 aliphatic carbocycles. The fraction of sp³-hybridized carbons (Fsp3) is 0.450. The number of aromatic nitrogens is 1. The number of carbonyl (C=O) groups is 1. The first kappa shape index (κ1) is 19.6. The van der Waals surface area contributed by atoms with Crippen molar-refractivity contribution in [2.75, 3.05) is 18.4 Å². The highest BCUT2D eigenvalue weighted by Gasteiger charge is 2.27. The summed E-state index contributed by atoms with van der Waals surface area (Å²) in [4.78, 5) is 12.8. The van der Waals surface area contributed by atoms with Crippen molar-refractivity contribution in [3.05, 3.63) is 47.8 Å². The number of amides is 1. The van der Waals surface area contributed by atoms with Gasteiger partial charge in [-0.1, -0.05) is 31.9 Å². The summed E-state index contributed by atoms with van der Waals surface area (Å²) in [6.07, 6.45) is 6.34. The van der Waals surface area contributed by atoms with E-state index in [1.54, 1.807) is 15.9 Å². The summed E-state index contributed by atoms with van der Waals surface area (Å²) >= 11 is 0. The Balaban J connectivity index is 1.79. The normalized spacial score (nSPS) is 16.1. The molecule has 146 valence electrons. The van der Waals surface area contributed by atoms with Gasteiger partial charge in [0.1, 0.15) is 10.6 Å². The van der Waals surface area contributed by atoms with Crippen LogP contribution in [0, 0.1) is 0 Å². The number of benzene rings is 1. The second-order valence-electron chi connectivity index (χ2n) is 6.99. The number of sulfonamides is 1. The first-order chi connectivity index (χ1) is 12.9. The van der Waals surface area contributed by atoms with Crippen LogP contribution in [0.5, 0.6) is 0 Å². The number of aryl methyl sites for hydroxylation is 2. The predicted octanol–water partition coefficient (Wildman–Crippen LogP) is 3.40. The van der Waals surface area contributed by atoms with Crippen molar-refractivity contribution in [3.8, 4) is 0 Å². The van der Waals surface area contributed by atoms with Gasteiger partial charge in [-0.3, -0.25) is 4.79 Å². The summed E-state index contributed by atoms with van der Waals surface area (Å²) in [6, 6.07) is 9.12. The van der Waals surface area contributed by atoms with Gasteiger partial charge in [-0.05, 0) is 43.0 Å². The lowest BCUT2D eigenvalue weighted by Gasteiger charge is -2.18. The number of nitrogens with zero attached hydrogens (tertiary/aromatic N) is 2. The maximum Gasteiger partial charge on any atom is 0.272 e. The van der Waals surface area contributed by atoms with Gasteiger partial charge in [0.05, 0.1) is 0 Å². The van der Waals surface area contributed by atoms with Gasteiger partial charge in [0.15, 0.2) is 0 Å². The summed E-state index contributed by atoms with van der Waals surface area (Å²) in [5.74, 6) is -0.320. The summed E-state index contributed by atoms with van der Waals surface area (Å²) in [7, 11) is -1.88. The van der Waals surface area contributed by atoms with Crippen molar-refractivity contribution in [2.24, 2.45) is 7.05 Å². The zero-order chi connectivity index (χ0) is 19.4. The summed E-state index contributed by atoms with van der Waals surface area (Å²) in [6.45, 7) is 3.16. The molecule has 7 heteroatoms. The van der Waals surface area contributed by atoms with Crippen LogP contribution >= 0.6 is 0 Å². The Labute approximate surface area is 161 Å². The molecule has 1 saturated heterocycles. The second kappa shape index (κ2) is 8.27. The molecule has 2 heterocycles. The van der Waals surface area contributed by atoms with Crippen LogP contribution in [0.1, 0.15) is 48.7 Å². The van der Waals surface area contributed by atoms with Crippen LogP contribution in [0.15, 0.2) is 41.4 Å². The van der Waals surface area contributed by atoms with Gasteiger partial charge < -0.3 is 9.88 Å². The van der Waals surface area contributed by atoms with Gasteiger partial charge in [0.25, 0.3) is 5.91 Å². The molecule has 0 unspecified atom stereocenters. The number of rotatable bonds is 5. The van der Waals surface area contributed by atoms with Crippen LogP contribution in [-0.4, -0.2) is 36.3 Å². The minimum atomic E-state index is -3.57. The minimum Gasteiger partial charge on any atom is -0.345 e. The van der Waals surface area contributed by atoms with E-state index in [-0.39, 0.29) is 10.8 Å². The minimum absolute atomic E-state index is 0.179. The fourth-order valence-electron chi connectivity index (χ4n) is 3.35. The molecular formula is C20H27N3O3S. The average Bonchev–Trinajstić information content (AvgIpc) is 2.87. The standard InChI is InChI=1S/C20H27N3O3S/c1-3-16-8-10-17(11-9-16)21-20(24)19-14-18(15-22(19)2)27(25,26)23-12-6-4-5-7-13-23/h8-11,14-15H,3-7,12-13H2,1-2H3,(H,21,24). The van der Waals surface area contributed by atoms with E-state index in [1.807, 2.05) is 24.3 Å².